The second kappa shape index (κ2) is 7.74. The number of benzene rings is 2. The average molecular weight is 312 g/mol. The molecule has 2 rings (SSSR count). The smallest absolute Gasteiger partial charge is 0.335 e. The Balaban J connectivity index is 2.04. The number of carbonyl (C=O) groups excluding carboxylic acids is 1. The van der Waals surface area contributed by atoms with E-state index in [1.54, 1.807) is 18.2 Å². The van der Waals surface area contributed by atoms with Gasteiger partial charge >= 0.3 is 5.97 Å². The van der Waals surface area contributed by atoms with Crippen molar-refractivity contribution in [1.82, 2.24) is 5.43 Å². The van der Waals surface area contributed by atoms with E-state index in [1.165, 1.54) is 25.3 Å². The van der Waals surface area contributed by atoms with Crippen molar-refractivity contribution in [2.24, 2.45) is 5.10 Å². The van der Waals surface area contributed by atoms with E-state index in [2.05, 4.69) is 10.5 Å². The summed E-state index contributed by atoms with van der Waals surface area (Å²) in [7, 11) is 0. The number of carboxylic acid groups (broad SMARTS) is 1. The quantitative estimate of drug-likeness (QED) is 0.633. The fourth-order valence-electron chi connectivity index (χ4n) is 1.82. The number of ether oxygens (including phenoxy) is 1. The zero-order chi connectivity index (χ0) is 16.7. The molecule has 2 N–H and O–H groups in total. The van der Waals surface area contributed by atoms with Crippen LogP contribution in [-0.2, 0) is 11.4 Å². The molecule has 6 heteroatoms. The van der Waals surface area contributed by atoms with E-state index in [0.29, 0.717) is 12.4 Å². The van der Waals surface area contributed by atoms with Gasteiger partial charge in [-0.3, -0.25) is 4.79 Å². The molecule has 0 atom stereocenters. The molecule has 0 saturated carbocycles. The molecule has 0 aliphatic carbocycles. The van der Waals surface area contributed by atoms with E-state index in [1.807, 2.05) is 18.2 Å². The summed E-state index contributed by atoms with van der Waals surface area (Å²) in [5, 5.41) is 12.7. The zero-order valence-electron chi connectivity index (χ0n) is 12.5. The van der Waals surface area contributed by atoms with Gasteiger partial charge in [0.1, 0.15) is 12.4 Å². The van der Waals surface area contributed by atoms with E-state index < -0.39 is 5.97 Å². The van der Waals surface area contributed by atoms with Gasteiger partial charge in [-0.25, -0.2) is 10.2 Å². The van der Waals surface area contributed by atoms with Crippen LogP contribution in [0.3, 0.4) is 0 Å². The zero-order valence-corrected chi connectivity index (χ0v) is 12.5. The molecule has 0 radical (unpaired) electrons. The number of aromatic carboxylic acids is 1. The van der Waals surface area contributed by atoms with Crippen LogP contribution < -0.4 is 10.2 Å². The van der Waals surface area contributed by atoms with Crippen molar-refractivity contribution in [3.63, 3.8) is 0 Å². The first-order valence-corrected chi connectivity index (χ1v) is 6.90. The van der Waals surface area contributed by atoms with Gasteiger partial charge in [0.05, 0.1) is 11.8 Å². The molecule has 6 nitrogen and oxygen atoms in total. The first kappa shape index (κ1) is 16.2. The Morgan fingerprint density at radius 1 is 1.17 bits per heavy atom. The summed E-state index contributed by atoms with van der Waals surface area (Å²) in [5.74, 6) is -0.598. The van der Waals surface area contributed by atoms with Crippen molar-refractivity contribution >= 4 is 18.1 Å². The Morgan fingerprint density at radius 3 is 2.52 bits per heavy atom. The van der Waals surface area contributed by atoms with Crippen molar-refractivity contribution in [1.29, 1.82) is 0 Å². The van der Waals surface area contributed by atoms with E-state index in [0.717, 1.165) is 11.1 Å². The van der Waals surface area contributed by atoms with E-state index in [4.69, 9.17) is 9.84 Å². The third kappa shape index (κ3) is 4.96. The summed E-state index contributed by atoms with van der Waals surface area (Å²) in [5.41, 5.74) is 4.14. The highest BCUT2D eigenvalue weighted by Gasteiger charge is 2.04. The highest BCUT2D eigenvalue weighted by Crippen LogP contribution is 2.17. The predicted molar refractivity (Wildman–Crippen MR) is 85.6 cm³/mol. The van der Waals surface area contributed by atoms with Crippen molar-refractivity contribution in [3.05, 3.63) is 65.2 Å². The molecule has 0 aromatic heterocycles. The molecule has 2 aromatic carbocycles. The first-order chi connectivity index (χ1) is 11.1. The molecule has 1 amide bonds. The highest BCUT2D eigenvalue weighted by atomic mass is 16.5. The number of hydrogen-bond acceptors (Lipinski definition) is 4. The number of hydrogen-bond donors (Lipinski definition) is 2. The number of nitrogens with zero attached hydrogens (tertiary/aromatic N) is 1. The maximum Gasteiger partial charge on any atom is 0.335 e. The van der Waals surface area contributed by atoms with Crippen LogP contribution in [0, 0.1) is 0 Å². The molecule has 2 aromatic rings. The van der Waals surface area contributed by atoms with Gasteiger partial charge < -0.3 is 9.84 Å². The van der Waals surface area contributed by atoms with Gasteiger partial charge in [0.2, 0.25) is 5.91 Å². The van der Waals surface area contributed by atoms with E-state index in [-0.39, 0.29) is 11.5 Å². The van der Waals surface area contributed by atoms with Crippen LogP contribution in [0.2, 0.25) is 0 Å². The number of hydrazone groups is 1. The van der Waals surface area contributed by atoms with Gasteiger partial charge in [-0.15, -0.1) is 0 Å². The van der Waals surface area contributed by atoms with Gasteiger partial charge in [-0.1, -0.05) is 24.3 Å². The topological polar surface area (TPSA) is 88.0 Å². The highest BCUT2D eigenvalue weighted by molar-refractivity contribution is 5.87. The maximum atomic E-state index is 10.8. The van der Waals surface area contributed by atoms with Crippen molar-refractivity contribution in [2.75, 3.05) is 0 Å². The minimum Gasteiger partial charge on any atom is -0.488 e. The Bertz CT molecular complexity index is 724. The van der Waals surface area contributed by atoms with Crippen LogP contribution in [0.5, 0.6) is 5.75 Å². The third-order valence-electron chi connectivity index (χ3n) is 2.94. The van der Waals surface area contributed by atoms with Gasteiger partial charge in [0, 0.05) is 12.5 Å². The summed E-state index contributed by atoms with van der Waals surface area (Å²) in [6.45, 7) is 1.67. The fourth-order valence-corrected chi connectivity index (χ4v) is 1.82. The van der Waals surface area contributed by atoms with Gasteiger partial charge in [0.25, 0.3) is 0 Å². The average Bonchev–Trinajstić information content (AvgIpc) is 2.54. The lowest BCUT2D eigenvalue weighted by Gasteiger charge is -2.09. The molecular weight excluding hydrogens is 296 g/mol. The Hall–Kier alpha value is -3.15. The standard InChI is InChI=1S/C17H16N2O4/c1-12(20)19-18-10-15-4-2-3-5-16(15)23-11-13-6-8-14(9-7-13)17(21)22/h2-10H,11H2,1H3,(H,19,20)(H,21,22)/b18-10-. The van der Waals surface area contributed by atoms with Crippen molar-refractivity contribution in [2.45, 2.75) is 13.5 Å². The van der Waals surface area contributed by atoms with Crippen LogP contribution in [0.15, 0.2) is 53.6 Å². The fraction of sp³-hybridized carbons (Fsp3) is 0.118. The van der Waals surface area contributed by atoms with Gasteiger partial charge in [-0.05, 0) is 29.8 Å². The first-order valence-electron chi connectivity index (χ1n) is 6.90. The summed E-state index contributed by atoms with van der Waals surface area (Å²) in [6, 6.07) is 13.8. The lowest BCUT2D eigenvalue weighted by atomic mass is 10.1. The van der Waals surface area contributed by atoms with Crippen molar-refractivity contribution < 1.29 is 19.4 Å². The predicted octanol–water partition coefficient (Wildman–Crippen LogP) is 2.43. The third-order valence-corrected chi connectivity index (χ3v) is 2.94. The Morgan fingerprint density at radius 2 is 1.87 bits per heavy atom. The largest absolute Gasteiger partial charge is 0.488 e. The second-order valence-electron chi connectivity index (χ2n) is 4.75. The molecule has 0 heterocycles. The number of carboxylic acids is 1. The number of amides is 1. The molecule has 0 spiro atoms. The molecule has 0 fully saturated rings. The molecular formula is C17H16N2O4. The summed E-state index contributed by atoms with van der Waals surface area (Å²) in [4.78, 5) is 21.6. The van der Waals surface area contributed by atoms with Crippen LogP contribution in [0.1, 0.15) is 28.4 Å². The van der Waals surface area contributed by atoms with E-state index >= 15 is 0 Å². The van der Waals surface area contributed by atoms with Gasteiger partial charge in [0.15, 0.2) is 0 Å². The minimum absolute atomic E-state index is 0.233. The Kier molecular flexibility index (Phi) is 5.46. The summed E-state index contributed by atoms with van der Waals surface area (Å²) < 4.78 is 5.73. The monoisotopic (exact) mass is 312 g/mol. The lowest BCUT2D eigenvalue weighted by molar-refractivity contribution is -0.118. The van der Waals surface area contributed by atoms with Gasteiger partial charge in [-0.2, -0.15) is 5.10 Å². The molecule has 0 unspecified atom stereocenters. The summed E-state index contributed by atoms with van der Waals surface area (Å²) in [6.07, 6.45) is 1.50. The van der Waals surface area contributed by atoms with Crippen LogP contribution in [0.4, 0.5) is 0 Å². The SMILES string of the molecule is CC(=O)N/N=C\c1ccccc1OCc1ccc(C(=O)O)cc1. The summed E-state index contributed by atoms with van der Waals surface area (Å²) >= 11 is 0. The van der Waals surface area contributed by atoms with Crippen LogP contribution >= 0.6 is 0 Å². The van der Waals surface area contributed by atoms with Crippen LogP contribution in [0.25, 0.3) is 0 Å². The molecule has 0 aliphatic rings. The molecule has 118 valence electrons. The Labute approximate surface area is 133 Å². The number of para-hydroxylation sites is 1. The molecule has 23 heavy (non-hydrogen) atoms. The second-order valence-corrected chi connectivity index (χ2v) is 4.75. The normalized spacial score (nSPS) is 10.5. The molecule has 0 saturated heterocycles. The maximum absolute atomic E-state index is 10.8. The molecule has 0 bridgehead atoms. The van der Waals surface area contributed by atoms with Crippen molar-refractivity contribution in [3.8, 4) is 5.75 Å². The number of nitrogens with one attached hydrogen (secondary N) is 1. The number of rotatable bonds is 6. The van der Waals surface area contributed by atoms with Crippen LogP contribution in [-0.4, -0.2) is 23.2 Å². The minimum atomic E-state index is -0.961. The molecule has 0 aliphatic heterocycles. The van der Waals surface area contributed by atoms with E-state index in [9.17, 15) is 9.59 Å². The number of carbonyl (C=O) groups is 2. The lowest BCUT2D eigenvalue weighted by Crippen LogP contribution is -2.12.